The summed E-state index contributed by atoms with van der Waals surface area (Å²) in [4.78, 5) is 0. The Morgan fingerprint density at radius 2 is 2.21 bits per heavy atom. The first kappa shape index (κ1) is 8.78. The van der Waals surface area contributed by atoms with E-state index in [-0.39, 0.29) is 0 Å². The van der Waals surface area contributed by atoms with Gasteiger partial charge >= 0.3 is 0 Å². The Morgan fingerprint density at radius 3 is 2.79 bits per heavy atom. The standard InChI is InChI=1S/C12H17NS/c1-8-6-14-7-12(8)13-11-5-9-2-3-10(11)4-9/h6-7,9-11,13H,2-5H2,1H3. The average molecular weight is 207 g/mol. The molecule has 0 saturated heterocycles. The van der Waals surface area contributed by atoms with Crippen molar-refractivity contribution in [3.05, 3.63) is 16.3 Å². The predicted molar refractivity (Wildman–Crippen MR) is 61.9 cm³/mol. The van der Waals surface area contributed by atoms with Crippen LogP contribution in [-0.2, 0) is 0 Å². The number of fused-ring (bicyclic) bond motifs is 2. The van der Waals surface area contributed by atoms with Gasteiger partial charge in [-0.1, -0.05) is 6.42 Å². The first-order valence-corrected chi connectivity index (χ1v) is 6.56. The van der Waals surface area contributed by atoms with Gasteiger partial charge in [-0.15, -0.1) is 11.3 Å². The van der Waals surface area contributed by atoms with Crippen molar-refractivity contribution in [1.82, 2.24) is 0 Å². The predicted octanol–water partition coefficient (Wildman–Crippen LogP) is 3.66. The lowest BCUT2D eigenvalue weighted by Gasteiger charge is -2.23. The maximum Gasteiger partial charge on any atom is 0.0480 e. The van der Waals surface area contributed by atoms with Crippen LogP contribution in [0.5, 0.6) is 0 Å². The van der Waals surface area contributed by atoms with Crippen molar-refractivity contribution in [3.8, 4) is 0 Å². The first-order valence-electron chi connectivity index (χ1n) is 5.62. The molecular weight excluding hydrogens is 190 g/mol. The molecule has 1 N–H and O–H groups in total. The molecule has 2 aliphatic carbocycles. The highest BCUT2D eigenvalue weighted by Gasteiger charge is 2.39. The smallest absolute Gasteiger partial charge is 0.0480 e. The molecule has 2 saturated carbocycles. The Morgan fingerprint density at radius 1 is 1.29 bits per heavy atom. The van der Waals surface area contributed by atoms with Gasteiger partial charge < -0.3 is 5.32 Å². The van der Waals surface area contributed by atoms with Crippen molar-refractivity contribution in [1.29, 1.82) is 0 Å². The normalized spacial score (nSPS) is 35.1. The van der Waals surface area contributed by atoms with Gasteiger partial charge in [-0.3, -0.25) is 0 Å². The topological polar surface area (TPSA) is 12.0 Å². The van der Waals surface area contributed by atoms with E-state index in [0.717, 1.165) is 17.9 Å². The van der Waals surface area contributed by atoms with Gasteiger partial charge in [0.15, 0.2) is 0 Å². The Kier molecular flexibility index (Phi) is 2.05. The molecule has 1 aromatic rings. The Balaban J connectivity index is 1.71. The van der Waals surface area contributed by atoms with Crippen LogP contribution in [0, 0.1) is 18.8 Å². The molecule has 3 rings (SSSR count). The van der Waals surface area contributed by atoms with Crippen LogP contribution in [0.2, 0.25) is 0 Å². The average Bonchev–Trinajstić information content (AvgIpc) is 2.83. The molecular formula is C12H17NS. The molecule has 2 fully saturated rings. The van der Waals surface area contributed by atoms with E-state index in [1.54, 1.807) is 0 Å². The van der Waals surface area contributed by atoms with E-state index in [1.165, 1.54) is 36.9 Å². The van der Waals surface area contributed by atoms with Crippen LogP contribution in [0.15, 0.2) is 10.8 Å². The monoisotopic (exact) mass is 207 g/mol. The van der Waals surface area contributed by atoms with Crippen LogP contribution in [0.4, 0.5) is 5.69 Å². The molecule has 14 heavy (non-hydrogen) atoms. The summed E-state index contributed by atoms with van der Waals surface area (Å²) in [6, 6.07) is 0.780. The number of nitrogens with one attached hydrogen (secondary N) is 1. The summed E-state index contributed by atoms with van der Waals surface area (Å²) in [6.07, 6.45) is 5.86. The molecule has 2 heteroatoms. The third-order valence-electron chi connectivity index (χ3n) is 3.93. The van der Waals surface area contributed by atoms with Crippen LogP contribution in [0.3, 0.4) is 0 Å². The van der Waals surface area contributed by atoms with E-state index < -0.39 is 0 Å². The summed E-state index contributed by atoms with van der Waals surface area (Å²) in [7, 11) is 0. The van der Waals surface area contributed by atoms with E-state index in [4.69, 9.17) is 0 Å². The van der Waals surface area contributed by atoms with Crippen molar-refractivity contribution < 1.29 is 0 Å². The molecule has 1 aromatic heterocycles. The maximum atomic E-state index is 3.73. The minimum atomic E-state index is 0.780. The van der Waals surface area contributed by atoms with E-state index in [2.05, 4.69) is 23.0 Å². The summed E-state index contributed by atoms with van der Waals surface area (Å²) < 4.78 is 0. The van der Waals surface area contributed by atoms with Gasteiger partial charge in [0.2, 0.25) is 0 Å². The Labute approximate surface area is 89.5 Å². The lowest BCUT2D eigenvalue weighted by Crippen LogP contribution is -2.25. The van der Waals surface area contributed by atoms with Crippen LogP contribution in [-0.4, -0.2) is 6.04 Å². The van der Waals surface area contributed by atoms with E-state index in [0.29, 0.717) is 0 Å². The van der Waals surface area contributed by atoms with Gasteiger partial charge in [0.05, 0.1) is 0 Å². The second kappa shape index (κ2) is 3.27. The van der Waals surface area contributed by atoms with Gasteiger partial charge in [0.1, 0.15) is 0 Å². The van der Waals surface area contributed by atoms with Gasteiger partial charge in [-0.05, 0) is 49.0 Å². The number of aryl methyl sites for hydroxylation is 1. The summed E-state index contributed by atoms with van der Waals surface area (Å²) in [6.45, 7) is 2.20. The van der Waals surface area contributed by atoms with E-state index in [9.17, 15) is 0 Å². The van der Waals surface area contributed by atoms with Crippen molar-refractivity contribution in [3.63, 3.8) is 0 Å². The SMILES string of the molecule is Cc1cscc1NC1CC2CCC1C2. The molecule has 3 unspecified atom stereocenters. The van der Waals surface area contributed by atoms with Crippen molar-refractivity contribution in [2.45, 2.75) is 38.6 Å². The number of thiophene rings is 1. The molecule has 0 radical (unpaired) electrons. The van der Waals surface area contributed by atoms with Crippen molar-refractivity contribution >= 4 is 17.0 Å². The third kappa shape index (κ3) is 1.36. The molecule has 0 amide bonds. The fourth-order valence-corrected chi connectivity index (χ4v) is 3.92. The van der Waals surface area contributed by atoms with E-state index in [1.807, 2.05) is 11.3 Å². The Hall–Kier alpha value is -0.500. The molecule has 2 aliphatic rings. The van der Waals surface area contributed by atoms with Crippen molar-refractivity contribution in [2.75, 3.05) is 5.32 Å². The minimum absolute atomic E-state index is 0.780. The fraction of sp³-hybridized carbons (Fsp3) is 0.667. The fourth-order valence-electron chi connectivity index (χ4n) is 3.13. The number of rotatable bonds is 2. The van der Waals surface area contributed by atoms with Crippen LogP contribution in [0.25, 0.3) is 0 Å². The molecule has 2 bridgehead atoms. The maximum absolute atomic E-state index is 3.73. The van der Waals surface area contributed by atoms with Gasteiger partial charge in [-0.2, -0.15) is 0 Å². The summed E-state index contributed by atoms with van der Waals surface area (Å²) in [5, 5.41) is 8.21. The summed E-state index contributed by atoms with van der Waals surface area (Å²) in [5.74, 6) is 2.01. The second-order valence-corrected chi connectivity index (χ2v) is 5.64. The van der Waals surface area contributed by atoms with Crippen LogP contribution >= 0.6 is 11.3 Å². The molecule has 0 aromatic carbocycles. The zero-order valence-electron chi connectivity index (χ0n) is 8.62. The molecule has 1 heterocycles. The lowest BCUT2D eigenvalue weighted by atomic mass is 9.95. The zero-order chi connectivity index (χ0) is 9.54. The number of hydrogen-bond acceptors (Lipinski definition) is 2. The molecule has 0 aliphatic heterocycles. The van der Waals surface area contributed by atoms with Gasteiger partial charge in [-0.25, -0.2) is 0 Å². The highest BCUT2D eigenvalue weighted by Crippen LogP contribution is 2.45. The summed E-state index contributed by atoms with van der Waals surface area (Å²) in [5.41, 5.74) is 2.80. The Bertz CT molecular complexity index is 331. The van der Waals surface area contributed by atoms with Crippen molar-refractivity contribution in [2.24, 2.45) is 11.8 Å². The van der Waals surface area contributed by atoms with Gasteiger partial charge in [0.25, 0.3) is 0 Å². The molecule has 76 valence electrons. The van der Waals surface area contributed by atoms with Crippen LogP contribution in [0.1, 0.15) is 31.2 Å². The molecule has 1 nitrogen and oxygen atoms in total. The largest absolute Gasteiger partial charge is 0.381 e. The molecule has 3 atom stereocenters. The summed E-state index contributed by atoms with van der Waals surface area (Å²) >= 11 is 1.81. The number of anilines is 1. The van der Waals surface area contributed by atoms with E-state index >= 15 is 0 Å². The minimum Gasteiger partial charge on any atom is -0.381 e. The second-order valence-electron chi connectivity index (χ2n) is 4.89. The quantitative estimate of drug-likeness (QED) is 0.780. The van der Waals surface area contributed by atoms with Crippen LogP contribution < -0.4 is 5.32 Å². The van der Waals surface area contributed by atoms with Gasteiger partial charge in [0, 0.05) is 17.1 Å². The lowest BCUT2D eigenvalue weighted by molar-refractivity contribution is 0.440. The number of hydrogen-bond donors (Lipinski definition) is 1. The first-order chi connectivity index (χ1) is 6.83. The molecule has 0 spiro atoms. The highest BCUT2D eigenvalue weighted by atomic mass is 32.1. The third-order valence-corrected chi connectivity index (χ3v) is 4.80. The zero-order valence-corrected chi connectivity index (χ0v) is 9.44. The highest BCUT2D eigenvalue weighted by molar-refractivity contribution is 7.08.